The Kier molecular flexibility index (Phi) is 6.27. The van der Waals surface area contributed by atoms with Crippen LogP contribution in [0.2, 0.25) is 0 Å². The van der Waals surface area contributed by atoms with E-state index in [4.69, 9.17) is 0 Å². The van der Waals surface area contributed by atoms with Gasteiger partial charge in [0.1, 0.15) is 6.04 Å². The first-order chi connectivity index (χ1) is 16.1. The lowest BCUT2D eigenvalue weighted by atomic mass is 10.1. The quantitative estimate of drug-likeness (QED) is 0.404. The number of carboxylic acids is 1. The summed E-state index contributed by atoms with van der Waals surface area (Å²) in [7, 11) is -8.41. The van der Waals surface area contributed by atoms with Gasteiger partial charge in [-0.25, -0.2) is 17.1 Å². The average molecular weight is 505 g/mol. The number of rotatable bonds is 8. The molecule has 1 amide bonds. The van der Waals surface area contributed by atoms with Crippen molar-refractivity contribution in [2.45, 2.75) is 23.6 Å². The molecular formula is C21H20N4O7S2. The van der Waals surface area contributed by atoms with Gasteiger partial charge < -0.3 is 5.11 Å². The number of carbonyl (C=O) groups excluding carboxylic acids is 1. The molecule has 1 aliphatic heterocycles. The van der Waals surface area contributed by atoms with Crippen LogP contribution in [0.4, 0.5) is 0 Å². The van der Waals surface area contributed by atoms with Crippen LogP contribution in [0.5, 0.6) is 0 Å². The predicted molar refractivity (Wildman–Crippen MR) is 120 cm³/mol. The summed E-state index contributed by atoms with van der Waals surface area (Å²) in [5.41, 5.74) is 0.365. The van der Waals surface area contributed by atoms with Gasteiger partial charge in [0.25, 0.3) is 15.9 Å². The Morgan fingerprint density at radius 2 is 1.65 bits per heavy atom. The first kappa shape index (κ1) is 23.6. The molecule has 2 aromatic carbocycles. The molecule has 1 saturated heterocycles. The van der Waals surface area contributed by atoms with Gasteiger partial charge in [0.15, 0.2) is 6.17 Å². The Labute approximate surface area is 195 Å². The highest BCUT2D eigenvalue weighted by atomic mass is 32.2. The molecule has 0 unspecified atom stereocenters. The highest BCUT2D eigenvalue weighted by molar-refractivity contribution is 7.90. The molecular weight excluding hydrogens is 484 g/mol. The van der Waals surface area contributed by atoms with E-state index in [9.17, 15) is 31.5 Å². The van der Waals surface area contributed by atoms with Crippen LogP contribution in [0.3, 0.4) is 0 Å². The van der Waals surface area contributed by atoms with Crippen molar-refractivity contribution in [1.82, 2.24) is 18.3 Å². The predicted octanol–water partition coefficient (Wildman–Crippen LogP) is 0.643. The van der Waals surface area contributed by atoms with Crippen molar-refractivity contribution in [2.24, 2.45) is 0 Å². The maximum atomic E-state index is 13.1. The summed E-state index contributed by atoms with van der Waals surface area (Å²) in [6.07, 6.45) is -0.323. The summed E-state index contributed by atoms with van der Waals surface area (Å²) < 4.78 is 54.9. The van der Waals surface area contributed by atoms with Crippen molar-refractivity contribution in [2.75, 3.05) is 0 Å². The van der Waals surface area contributed by atoms with Crippen LogP contribution >= 0.6 is 0 Å². The third-order valence-electron chi connectivity index (χ3n) is 5.19. The fourth-order valence-corrected chi connectivity index (χ4v) is 6.19. The lowest BCUT2D eigenvalue weighted by Crippen LogP contribution is -2.49. The van der Waals surface area contributed by atoms with E-state index >= 15 is 0 Å². The fourth-order valence-electron chi connectivity index (χ4n) is 3.58. The van der Waals surface area contributed by atoms with Crippen LogP contribution in [-0.4, -0.2) is 48.3 Å². The summed E-state index contributed by atoms with van der Waals surface area (Å²) in [6, 6.07) is 17.0. The lowest BCUT2D eigenvalue weighted by Gasteiger charge is -2.25. The van der Waals surface area contributed by atoms with Crippen LogP contribution in [0.25, 0.3) is 0 Å². The number of benzene rings is 2. The molecule has 1 aromatic heterocycles. The number of aliphatic carboxylic acids is 1. The number of hydrogen-bond donors (Lipinski definition) is 3. The molecule has 0 aliphatic carbocycles. The van der Waals surface area contributed by atoms with Gasteiger partial charge in [-0.15, -0.1) is 0 Å². The summed E-state index contributed by atoms with van der Waals surface area (Å²) >= 11 is 0. The lowest BCUT2D eigenvalue weighted by molar-refractivity contribution is -0.140. The zero-order valence-corrected chi connectivity index (χ0v) is 19.1. The Morgan fingerprint density at radius 3 is 2.26 bits per heavy atom. The average Bonchev–Trinajstić information content (AvgIpc) is 3.36. The van der Waals surface area contributed by atoms with Gasteiger partial charge in [-0.1, -0.05) is 48.5 Å². The molecule has 0 bridgehead atoms. The number of amides is 1. The molecule has 0 radical (unpaired) electrons. The van der Waals surface area contributed by atoms with Gasteiger partial charge in [-0.3, -0.25) is 14.9 Å². The van der Waals surface area contributed by atoms with Crippen LogP contribution < -0.4 is 10.0 Å². The zero-order chi connectivity index (χ0) is 24.5. The van der Waals surface area contributed by atoms with E-state index in [0.717, 1.165) is 3.97 Å². The minimum Gasteiger partial charge on any atom is -0.480 e. The van der Waals surface area contributed by atoms with E-state index in [1.165, 1.54) is 42.6 Å². The van der Waals surface area contributed by atoms with E-state index in [-0.39, 0.29) is 10.6 Å². The Bertz CT molecular complexity index is 1420. The van der Waals surface area contributed by atoms with E-state index in [1.54, 1.807) is 36.4 Å². The number of carboxylic acid groups (broad SMARTS) is 1. The van der Waals surface area contributed by atoms with E-state index in [1.807, 2.05) is 4.72 Å². The Hall–Kier alpha value is -3.52. The van der Waals surface area contributed by atoms with Crippen LogP contribution in [0.1, 0.15) is 17.3 Å². The second-order valence-corrected chi connectivity index (χ2v) is 10.8. The molecule has 1 fully saturated rings. The number of nitrogens with one attached hydrogen (secondary N) is 2. The minimum absolute atomic E-state index is 0.00405. The summed E-state index contributed by atoms with van der Waals surface area (Å²) in [6.45, 7) is -0.515. The van der Waals surface area contributed by atoms with Crippen LogP contribution in [0, 0.1) is 0 Å². The molecule has 3 aromatic rings. The highest BCUT2D eigenvalue weighted by Gasteiger charge is 2.46. The van der Waals surface area contributed by atoms with E-state index in [2.05, 4.69) is 5.32 Å². The van der Waals surface area contributed by atoms with Gasteiger partial charge in [0.2, 0.25) is 0 Å². The number of carbonyl (C=O) groups is 2. The summed E-state index contributed by atoms with van der Waals surface area (Å²) in [5.74, 6) is -2.30. The number of hydrogen-bond acceptors (Lipinski definition) is 7. The summed E-state index contributed by atoms with van der Waals surface area (Å²) in [5, 5.41) is 12.2. The maximum Gasteiger partial charge on any atom is 0.325 e. The molecule has 2 heterocycles. The van der Waals surface area contributed by atoms with Gasteiger partial charge in [0, 0.05) is 11.9 Å². The van der Waals surface area contributed by atoms with Gasteiger partial charge >= 0.3 is 16.2 Å². The van der Waals surface area contributed by atoms with Gasteiger partial charge in [-0.05, 0) is 29.8 Å². The normalized spacial score (nSPS) is 18.9. The number of nitrogens with zero attached hydrogens (tertiary/aromatic N) is 2. The van der Waals surface area contributed by atoms with Crippen LogP contribution in [0.15, 0.2) is 83.9 Å². The molecule has 4 rings (SSSR count). The minimum atomic E-state index is -4.37. The van der Waals surface area contributed by atoms with Crippen molar-refractivity contribution in [1.29, 1.82) is 0 Å². The fraction of sp³-hybridized carbons (Fsp3) is 0.143. The highest BCUT2D eigenvalue weighted by Crippen LogP contribution is 2.23. The molecule has 34 heavy (non-hydrogen) atoms. The second-order valence-electron chi connectivity index (χ2n) is 7.38. The molecule has 11 nitrogen and oxygen atoms in total. The van der Waals surface area contributed by atoms with Crippen LogP contribution in [-0.2, 0) is 36.4 Å². The largest absolute Gasteiger partial charge is 0.480 e. The van der Waals surface area contributed by atoms with E-state index < -0.39 is 50.9 Å². The second kappa shape index (κ2) is 9.02. The topological polar surface area (TPSA) is 155 Å². The molecule has 1 aliphatic rings. The van der Waals surface area contributed by atoms with Gasteiger partial charge in [-0.2, -0.15) is 12.7 Å². The van der Waals surface area contributed by atoms with E-state index in [0.29, 0.717) is 9.87 Å². The van der Waals surface area contributed by atoms with Crippen molar-refractivity contribution >= 4 is 32.1 Å². The first-order valence-corrected chi connectivity index (χ1v) is 12.8. The first-order valence-electron chi connectivity index (χ1n) is 9.95. The zero-order valence-electron chi connectivity index (χ0n) is 17.5. The molecule has 178 valence electrons. The monoisotopic (exact) mass is 504 g/mol. The Balaban J connectivity index is 1.68. The number of aromatic nitrogens is 1. The van der Waals surface area contributed by atoms with Crippen molar-refractivity contribution in [3.8, 4) is 0 Å². The SMILES string of the molecule is O=C(O)[C@@H](N[C@H]1C(=O)NS(=O)(=O)N1Cc1cccn1S(=O)(=O)c1ccccc1)c1ccccc1. The third-order valence-corrected chi connectivity index (χ3v) is 8.35. The third kappa shape index (κ3) is 4.46. The molecule has 3 N–H and O–H groups in total. The summed E-state index contributed by atoms with van der Waals surface area (Å²) in [4.78, 5) is 24.4. The molecule has 13 heteroatoms. The van der Waals surface area contributed by atoms with Gasteiger partial charge in [0.05, 0.1) is 11.4 Å². The Morgan fingerprint density at radius 1 is 1.03 bits per heavy atom. The molecule has 2 atom stereocenters. The van der Waals surface area contributed by atoms with Crippen molar-refractivity contribution in [3.05, 3.63) is 90.3 Å². The van der Waals surface area contributed by atoms with Crippen molar-refractivity contribution < 1.29 is 31.5 Å². The maximum absolute atomic E-state index is 13.1. The standard InChI is InChI=1S/C21H20N4O7S2/c26-20-19(22-18(21(27)28)15-8-3-1-4-9-15)25(34(31,32)23-20)14-16-10-7-13-24(16)33(29,30)17-11-5-2-6-12-17/h1-13,18-19,22H,14H2,(H,23,26)(H,27,28)/t18-,19+/m0/s1. The van der Waals surface area contributed by atoms with Crippen molar-refractivity contribution in [3.63, 3.8) is 0 Å². The smallest absolute Gasteiger partial charge is 0.325 e. The molecule has 0 spiro atoms. The molecule has 0 saturated carbocycles.